The second kappa shape index (κ2) is 12.4. The van der Waals surface area contributed by atoms with Gasteiger partial charge in [0.1, 0.15) is 12.2 Å². The highest BCUT2D eigenvalue weighted by atomic mass is 16.5. The number of carbonyl (C=O) groups excluding carboxylic acids is 1. The van der Waals surface area contributed by atoms with Crippen molar-refractivity contribution in [3.05, 3.63) is 105 Å². The van der Waals surface area contributed by atoms with Crippen LogP contribution in [0.5, 0.6) is 0 Å². The van der Waals surface area contributed by atoms with Crippen molar-refractivity contribution in [2.75, 3.05) is 29.9 Å². The molecular weight excluding hydrogens is 528 g/mol. The van der Waals surface area contributed by atoms with Crippen molar-refractivity contribution in [1.82, 2.24) is 0 Å². The molecule has 1 aromatic heterocycles. The van der Waals surface area contributed by atoms with Crippen LogP contribution in [0, 0.1) is 12.3 Å². The molecule has 1 aliphatic rings. The Morgan fingerprint density at radius 3 is 2.48 bits per heavy atom. The van der Waals surface area contributed by atoms with Gasteiger partial charge in [0.2, 0.25) is 5.88 Å². The van der Waals surface area contributed by atoms with E-state index < -0.39 is 5.97 Å². The minimum Gasteiger partial charge on any atom is -0.457 e. The number of hydrogen-bond donors (Lipinski definition) is 2. The standard InChI is InChI=1S/C35H40N2O5/c1-23-20-28(24(2)36-30-13-9-8-12-26(30)34(40)41-22-25-10-6-5-7-11-25)32-29(21-23)31(39)27(14-19-38)33(42-32)37-17-15-35(3,4)16-18-37/h5-13,20-21,24,36,38H,14-19,22H2,1-4H3. The number of esters is 1. The summed E-state index contributed by atoms with van der Waals surface area (Å²) in [7, 11) is 0. The molecule has 1 fully saturated rings. The van der Waals surface area contributed by atoms with Crippen molar-refractivity contribution in [3.63, 3.8) is 0 Å². The maximum atomic E-state index is 13.8. The zero-order chi connectivity index (χ0) is 29.9. The fourth-order valence-electron chi connectivity index (χ4n) is 5.63. The Balaban J connectivity index is 1.49. The third kappa shape index (κ3) is 6.36. The number of rotatable bonds is 9. The van der Waals surface area contributed by atoms with E-state index in [2.05, 4.69) is 24.1 Å². The Hall–Kier alpha value is -4.10. The number of fused-ring (bicyclic) bond motifs is 1. The highest BCUT2D eigenvalue weighted by Crippen LogP contribution is 2.36. The summed E-state index contributed by atoms with van der Waals surface area (Å²) in [5.41, 5.74) is 4.91. The first-order chi connectivity index (χ1) is 20.2. The maximum Gasteiger partial charge on any atom is 0.340 e. The quantitative estimate of drug-likeness (QED) is 0.215. The highest BCUT2D eigenvalue weighted by molar-refractivity contribution is 5.96. The van der Waals surface area contributed by atoms with Crippen molar-refractivity contribution in [3.8, 4) is 0 Å². The molecule has 42 heavy (non-hydrogen) atoms. The van der Waals surface area contributed by atoms with Crippen molar-refractivity contribution in [1.29, 1.82) is 0 Å². The summed E-state index contributed by atoms with van der Waals surface area (Å²) < 4.78 is 12.2. The van der Waals surface area contributed by atoms with Gasteiger partial charge in [-0.1, -0.05) is 62.4 Å². The van der Waals surface area contributed by atoms with Crippen molar-refractivity contribution >= 4 is 28.5 Å². The van der Waals surface area contributed by atoms with Crippen LogP contribution in [-0.2, 0) is 17.8 Å². The normalized spacial score (nSPS) is 15.4. The second-order valence-electron chi connectivity index (χ2n) is 12.0. The first-order valence-corrected chi connectivity index (χ1v) is 14.7. The molecule has 0 spiro atoms. The highest BCUT2D eigenvalue weighted by Gasteiger charge is 2.30. The van der Waals surface area contributed by atoms with Crippen LogP contribution in [0.1, 0.15) is 72.3 Å². The Kier molecular flexibility index (Phi) is 8.69. The van der Waals surface area contributed by atoms with Gasteiger partial charge in [-0.2, -0.15) is 0 Å². The number of para-hydroxylation sites is 1. The summed E-state index contributed by atoms with van der Waals surface area (Å²) in [6.07, 6.45) is 2.22. The number of anilines is 2. The molecule has 5 rings (SSSR count). The lowest BCUT2D eigenvalue weighted by molar-refractivity contribution is 0.0474. The van der Waals surface area contributed by atoms with Crippen LogP contribution in [0.2, 0.25) is 0 Å². The van der Waals surface area contributed by atoms with Gasteiger partial charge in [0.15, 0.2) is 5.43 Å². The third-order valence-corrected chi connectivity index (χ3v) is 8.20. The van der Waals surface area contributed by atoms with E-state index in [1.165, 1.54) is 0 Å². The minimum absolute atomic E-state index is 0.104. The van der Waals surface area contributed by atoms with Crippen molar-refractivity contribution in [2.45, 2.75) is 59.6 Å². The summed E-state index contributed by atoms with van der Waals surface area (Å²) >= 11 is 0. The van der Waals surface area contributed by atoms with Gasteiger partial charge in [-0.25, -0.2) is 4.79 Å². The van der Waals surface area contributed by atoms with Crippen LogP contribution >= 0.6 is 0 Å². The average molecular weight is 569 g/mol. The van der Waals surface area contributed by atoms with Crippen molar-refractivity contribution in [2.24, 2.45) is 5.41 Å². The number of nitrogens with zero attached hydrogens (tertiary/aromatic N) is 1. The third-order valence-electron chi connectivity index (χ3n) is 8.20. The molecule has 4 aromatic rings. The number of aryl methyl sites for hydroxylation is 1. The van der Waals surface area contributed by atoms with Crippen LogP contribution < -0.4 is 15.6 Å². The molecule has 7 heteroatoms. The monoisotopic (exact) mass is 568 g/mol. The van der Waals surface area contributed by atoms with E-state index in [1.54, 1.807) is 6.07 Å². The Labute approximate surface area is 247 Å². The minimum atomic E-state index is -0.418. The van der Waals surface area contributed by atoms with Gasteiger partial charge in [0.25, 0.3) is 0 Å². The van der Waals surface area contributed by atoms with E-state index in [4.69, 9.17) is 9.15 Å². The summed E-state index contributed by atoms with van der Waals surface area (Å²) in [6.45, 7) is 10.1. The predicted molar refractivity (Wildman–Crippen MR) is 167 cm³/mol. The summed E-state index contributed by atoms with van der Waals surface area (Å²) in [5.74, 6) is 0.137. The van der Waals surface area contributed by atoms with E-state index >= 15 is 0 Å². The molecule has 1 unspecified atom stereocenters. The van der Waals surface area contributed by atoms with Crippen LogP contribution in [0.3, 0.4) is 0 Å². The number of ether oxygens (including phenoxy) is 1. The van der Waals surface area contributed by atoms with Crippen LogP contribution in [0.15, 0.2) is 75.9 Å². The molecule has 220 valence electrons. The number of aliphatic hydroxyl groups excluding tert-OH is 1. The van der Waals surface area contributed by atoms with E-state index in [-0.39, 0.29) is 36.5 Å². The molecular formula is C35H40N2O5. The maximum absolute atomic E-state index is 13.8. The Morgan fingerprint density at radius 1 is 1.07 bits per heavy atom. The number of aliphatic hydroxyl groups is 1. The number of piperidine rings is 1. The average Bonchev–Trinajstić information content (AvgIpc) is 2.98. The molecule has 2 N–H and O–H groups in total. The van der Waals surface area contributed by atoms with E-state index in [1.807, 2.05) is 74.5 Å². The molecule has 0 aliphatic carbocycles. The lowest BCUT2D eigenvalue weighted by Gasteiger charge is -2.37. The first kappa shape index (κ1) is 29.4. The number of carbonyl (C=O) groups is 1. The van der Waals surface area contributed by atoms with Gasteiger partial charge in [0.05, 0.1) is 22.6 Å². The molecule has 3 aromatic carbocycles. The van der Waals surface area contributed by atoms with Gasteiger partial charge < -0.3 is 24.5 Å². The smallest absolute Gasteiger partial charge is 0.340 e. The van der Waals surface area contributed by atoms with Gasteiger partial charge in [-0.3, -0.25) is 4.79 Å². The van der Waals surface area contributed by atoms with Gasteiger partial charge >= 0.3 is 5.97 Å². The summed E-state index contributed by atoms with van der Waals surface area (Å²) in [4.78, 5) is 29.1. The largest absolute Gasteiger partial charge is 0.457 e. The Bertz CT molecular complexity index is 1620. The van der Waals surface area contributed by atoms with Gasteiger partial charge in [0, 0.05) is 37.4 Å². The number of hydrogen-bond acceptors (Lipinski definition) is 7. The zero-order valence-electron chi connectivity index (χ0n) is 24.9. The molecule has 1 atom stereocenters. The molecule has 7 nitrogen and oxygen atoms in total. The fourth-order valence-corrected chi connectivity index (χ4v) is 5.63. The summed E-state index contributed by atoms with van der Waals surface area (Å²) in [6, 6.07) is 20.4. The summed E-state index contributed by atoms with van der Waals surface area (Å²) in [5, 5.41) is 13.8. The van der Waals surface area contributed by atoms with E-state index in [0.29, 0.717) is 33.7 Å². The van der Waals surface area contributed by atoms with Gasteiger partial charge in [-0.05, 0) is 61.4 Å². The zero-order valence-corrected chi connectivity index (χ0v) is 24.9. The molecule has 0 amide bonds. The van der Waals surface area contributed by atoms with E-state index in [0.717, 1.165) is 42.6 Å². The lowest BCUT2D eigenvalue weighted by atomic mass is 9.82. The molecule has 1 aliphatic heterocycles. The number of nitrogens with one attached hydrogen (secondary N) is 1. The molecule has 0 bridgehead atoms. The molecule has 1 saturated heterocycles. The second-order valence-corrected chi connectivity index (χ2v) is 12.0. The van der Waals surface area contributed by atoms with Crippen LogP contribution in [-0.4, -0.2) is 30.8 Å². The number of benzene rings is 3. The predicted octanol–water partition coefficient (Wildman–Crippen LogP) is 6.79. The van der Waals surface area contributed by atoms with Gasteiger partial charge in [-0.15, -0.1) is 0 Å². The molecule has 0 saturated carbocycles. The van der Waals surface area contributed by atoms with Crippen LogP contribution in [0.4, 0.5) is 11.6 Å². The first-order valence-electron chi connectivity index (χ1n) is 14.7. The molecule has 0 radical (unpaired) electrons. The van der Waals surface area contributed by atoms with E-state index in [9.17, 15) is 14.7 Å². The topological polar surface area (TPSA) is 92.0 Å². The SMILES string of the molecule is Cc1cc(C(C)Nc2ccccc2C(=O)OCc2ccccc2)c2oc(N3CCC(C)(C)CC3)c(CCO)c(=O)c2c1. The Morgan fingerprint density at radius 2 is 1.76 bits per heavy atom. The fraction of sp³-hybridized carbons (Fsp3) is 0.371. The van der Waals surface area contributed by atoms with Crippen LogP contribution in [0.25, 0.3) is 11.0 Å². The molecule has 2 heterocycles. The lowest BCUT2D eigenvalue weighted by Crippen LogP contribution is -2.38. The van der Waals surface area contributed by atoms with Crippen molar-refractivity contribution < 1.29 is 19.1 Å².